The summed E-state index contributed by atoms with van der Waals surface area (Å²) in [5.74, 6) is 2.81. The molecule has 1 saturated heterocycles. The molecule has 2 N–H and O–H groups in total. The van der Waals surface area contributed by atoms with Crippen molar-refractivity contribution in [3.05, 3.63) is 11.4 Å². The summed E-state index contributed by atoms with van der Waals surface area (Å²) >= 11 is 0. The number of anilines is 2. The lowest BCUT2D eigenvalue weighted by Crippen LogP contribution is -2.32. The van der Waals surface area contributed by atoms with Crippen LogP contribution in [0.1, 0.15) is 24.2 Å². The van der Waals surface area contributed by atoms with Gasteiger partial charge in [0, 0.05) is 25.8 Å². The topological polar surface area (TPSA) is 64.3 Å². The zero-order valence-electron chi connectivity index (χ0n) is 11.4. The van der Waals surface area contributed by atoms with Gasteiger partial charge in [0.25, 0.3) is 0 Å². The van der Waals surface area contributed by atoms with E-state index in [2.05, 4.69) is 21.9 Å². The zero-order valence-corrected chi connectivity index (χ0v) is 11.4. The number of nitrogens with two attached hydrogens (primary N) is 1. The van der Waals surface area contributed by atoms with Crippen LogP contribution >= 0.6 is 0 Å². The Morgan fingerprint density at radius 2 is 2.17 bits per heavy atom. The van der Waals surface area contributed by atoms with E-state index in [0.29, 0.717) is 11.7 Å². The highest BCUT2D eigenvalue weighted by Crippen LogP contribution is 2.23. The third-order valence-corrected chi connectivity index (χ3v) is 3.42. The summed E-state index contributed by atoms with van der Waals surface area (Å²) in [6, 6.07) is 0. The normalized spacial score (nSPS) is 19.8. The molecule has 5 nitrogen and oxygen atoms in total. The van der Waals surface area contributed by atoms with Gasteiger partial charge in [-0.25, -0.2) is 9.97 Å². The Labute approximate surface area is 108 Å². The van der Waals surface area contributed by atoms with E-state index in [1.165, 1.54) is 6.42 Å². The Morgan fingerprint density at radius 1 is 1.39 bits per heavy atom. The van der Waals surface area contributed by atoms with E-state index in [9.17, 15) is 0 Å². The number of hydrogen-bond acceptors (Lipinski definition) is 5. The summed E-state index contributed by atoms with van der Waals surface area (Å²) in [5, 5.41) is 0. The van der Waals surface area contributed by atoms with E-state index >= 15 is 0 Å². The maximum atomic E-state index is 5.89. The van der Waals surface area contributed by atoms with Gasteiger partial charge in [-0.15, -0.1) is 0 Å². The van der Waals surface area contributed by atoms with Gasteiger partial charge < -0.3 is 15.4 Å². The fraction of sp³-hybridized carbons (Fsp3) is 0.692. The molecule has 0 bridgehead atoms. The molecule has 2 heterocycles. The number of ether oxygens (including phenoxy) is 1. The second kappa shape index (κ2) is 5.52. The molecule has 100 valence electrons. The summed E-state index contributed by atoms with van der Waals surface area (Å²) in [7, 11) is 2.06. The zero-order chi connectivity index (χ0) is 13.1. The summed E-state index contributed by atoms with van der Waals surface area (Å²) in [5.41, 5.74) is 6.85. The van der Waals surface area contributed by atoms with Crippen molar-refractivity contribution in [3.8, 4) is 0 Å². The molecule has 0 aromatic carbocycles. The molecule has 0 spiro atoms. The van der Waals surface area contributed by atoms with E-state index in [-0.39, 0.29) is 0 Å². The summed E-state index contributed by atoms with van der Waals surface area (Å²) in [4.78, 5) is 10.8. The second-order valence-electron chi connectivity index (χ2n) is 5.07. The lowest BCUT2D eigenvalue weighted by Gasteiger charge is -2.28. The maximum absolute atomic E-state index is 5.89. The van der Waals surface area contributed by atoms with E-state index in [4.69, 9.17) is 10.5 Å². The Bertz CT molecular complexity index is 416. The minimum absolute atomic E-state index is 0.573. The highest BCUT2D eigenvalue weighted by Gasteiger charge is 2.18. The van der Waals surface area contributed by atoms with E-state index in [0.717, 1.165) is 43.4 Å². The molecule has 0 aliphatic carbocycles. The van der Waals surface area contributed by atoms with Gasteiger partial charge in [-0.05, 0) is 32.6 Å². The molecule has 1 aliphatic rings. The minimum atomic E-state index is 0.573. The number of aryl methyl sites for hydroxylation is 1. The Balaban J connectivity index is 2.10. The highest BCUT2D eigenvalue weighted by molar-refractivity contribution is 5.56. The smallest absolute Gasteiger partial charge is 0.137 e. The van der Waals surface area contributed by atoms with Gasteiger partial charge in [-0.1, -0.05) is 0 Å². The molecule has 0 radical (unpaired) electrons. The first-order chi connectivity index (χ1) is 8.58. The van der Waals surface area contributed by atoms with Crippen molar-refractivity contribution in [2.75, 3.05) is 37.4 Å². The predicted molar refractivity (Wildman–Crippen MR) is 72.7 cm³/mol. The molecule has 0 saturated carbocycles. The van der Waals surface area contributed by atoms with Crippen molar-refractivity contribution in [3.63, 3.8) is 0 Å². The van der Waals surface area contributed by atoms with Gasteiger partial charge in [-0.3, -0.25) is 0 Å². The average molecular weight is 250 g/mol. The van der Waals surface area contributed by atoms with E-state index in [1.807, 2.05) is 13.8 Å². The molecule has 1 aliphatic heterocycles. The predicted octanol–water partition coefficient (Wildman–Crippen LogP) is 1.54. The van der Waals surface area contributed by atoms with Crippen molar-refractivity contribution in [2.45, 2.75) is 26.7 Å². The number of hydrogen-bond donors (Lipinski definition) is 1. The Kier molecular flexibility index (Phi) is 4.01. The molecular weight excluding hydrogens is 228 g/mol. The van der Waals surface area contributed by atoms with Crippen molar-refractivity contribution >= 4 is 11.6 Å². The van der Waals surface area contributed by atoms with Crippen LogP contribution in [-0.4, -0.2) is 36.8 Å². The van der Waals surface area contributed by atoms with Crippen molar-refractivity contribution < 1.29 is 4.74 Å². The standard InChI is InChI=1S/C13H22N4O/c1-9-12(14)15-10(2)16-13(9)17(3)7-11-5-4-6-18-8-11/h11H,4-8H2,1-3H3,(H2,14,15,16). The van der Waals surface area contributed by atoms with Crippen LogP contribution in [0.15, 0.2) is 0 Å². The first-order valence-electron chi connectivity index (χ1n) is 6.47. The first-order valence-corrected chi connectivity index (χ1v) is 6.47. The van der Waals surface area contributed by atoms with Gasteiger partial charge in [0.1, 0.15) is 17.5 Å². The summed E-state index contributed by atoms with van der Waals surface area (Å²) in [6.07, 6.45) is 2.38. The molecule has 2 rings (SSSR count). The van der Waals surface area contributed by atoms with Crippen LogP contribution in [0.2, 0.25) is 0 Å². The largest absolute Gasteiger partial charge is 0.383 e. The second-order valence-corrected chi connectivity index (χ2v) is 5.07. The van der Waals surface area contributed by atoms with Crippen LogP contribution in [0, 0.1) is 19.8 Å². The van der Waals surface area contributed by atoms with Gasteiger partial charge in [-0.2, -0.15) is 0 Å². The third kappa shape index (κ3) is 2.90. The van der Waals surface area contributed by atoms with E-state index in [1.54, 1.807) is 0 Å². The van der Waals surface area contributed by atoms with Gasteiger partial charge >= 0.3 is 0 Å². The average Bonchev–Trinajstić information content (AvgIpc) is 2.35. The summed E-state index contributed by atoms with van der Waals surface area (Å²) in [6.45, 7) is 6.55. The molecule has 0 amide bonds. The third-order valence-electron chi connectivity index (χ3n) is 3.42. The van der Waals surface area contributed by atoms with Crippen molar-refractivity contribution in [2.24, 2.45) is 5.92 Å². The molecule has 1 aromatic heterocycles. The SMILES string of the molecule is Cc1nc(N)c(C)c(N(C)CC2CCCOC2)n1. The van der Waals surface area contributed by atoms with Crippen LogP contribution in [-0.2, 0) is 4.74 Å². The molecule has 5 heteroatoms. The Morgan fingerprint density at radius 3 is 2.83 bits per heavy atom. The molecule has 1 fully saturated rings. The lowest BCUT2D eigenvalue weighted by molar-refractivity contribution is 0.0576. The van der Waals surface area contributed by atoms with Crippen molar-refractivity contribution in [1.82, 2.24) is 9.97 Å². The first kappa shape index (κ1) is 13.1. The maximum Gasteiger partial charge on any atom is 0.137 e. The quantitative estimate of drug-likeness (QED) is 0.881. The number of nitrogen functional groups attached to an aromatic ring is 1. The fourth-order valence-electron chi connectivity index (χ4n) is 2.43. The number of aromatic nitrogens is 2. The fourth-order valence-corrected chi connectivity index (χ4v) is 2.43. The van der Waals surface area contributed by atoms with Crippen LogP contribution in [0.25, 0.3) is 0 Å². The van der Waals surface area contributed by atoms with Crippen LogP contribution in [0.5, 0.6) is 0 Å². The Hall–Kier alpha value is -1.36. The highest BCUT2D eigenvalue weighted by atomic mass is 16.5. The van der Waals surface area contributed by atoms with Gasteiger partial charge in [0.15, 0.2) is 0 Å². The number of rotatable bonds is 3. The molecule has 1 aromatic rings. The number of nitrogens with zero attached hydrogens (tertiary/aromatic N) is 3. The molecule has 1 atom stereocenters. The lowest BCUT2D eigenvalue weighted by atomic mass is 10.0. The minimum Gasteiger partial charge on any atom is -0.383 e. The van der Waals surface area contributed by atoms with E-state index < -0.39 is 0 Å². The van der Waals surface area contributed by atoms with Gasteiger partial charge in [0.05, 0.1) is 6.61 Å². The summed E-state index contributed by atoms with van der Waals surface area (Å²) < 4.78 is 5.51. The van der Waals surface area contributed by atoms with Crippen LogP contribution in [0.4, 0.5) is 11.6 Å². The molecular formula is C13H22N4O. The van der Waals surface area contributed by atoms with Crippen LogP contribution < -0.4 is 10.6 Å². The molecule has 18 heavy (non-hydrogen) atoms. The van der Waals surface area contributed by atoms with Gasteiger partial charge in [0.2, 0.25) is 0 Å². The molecule has 1 unspecified atom stereocenters. The van der Waals surface area contributed by atoms with Crippen LogP contribution in [0.3, 0.4) is 0 Å². The van der Waals surface area contributed by atoms with Crippen molar-refractivity contribution in [1.29, 1.82) is 0 Å². The monoisotopic (exact) mass is 250 g/mol.